The molecule has 1 N–H and O–H groups in total. The van der Waals surface area contributed by atoms with Crippen molar-refractivity contribution in [3.8, 4) is 0 Å². The topological polar surface area (TPSA) is 89.3 Å². The molecule has 0 bridgehead atoms. The highest BCUT2D eigenvalue weighted by molar-refractivity contribution is 5.86. The third-order valence-corrected chi connectivity index (χ3v) is 5.05. The van der Waals surface area contributed by atoms with Gasteiger partial charge in [0.05, 0.1) is 11.7 Å². The van der Waals surface area contributed by atoms with E-state index in [1.165, 1.54) is 0 Å². The van der Waals surface area contributed by atoms with Crippen molar-refractivity contribution in [2.45, 2.75) is 44.5 Å². The van der Waals surface area contributed by atoms with Crippen LogP contribution in [0, 0.1) is 6.92 Å². The van der Waals surface area contributed by atoms with Crippen molar-refractivity contribution in [2.24, 2.45) is 7.05 Å². The number of pyridine rings is 1. The molecule has 2 fully saturated rings. The second-order valence-electron chi connectivity index (χ2n) is 7.13. The molecule has 0 aromatic carbocycles. The number of nitrogens with zero attached hydrogens (tertiary/aromatic N) is 4. The van der Waals surface area contributed by atoms with Gasteiger partial charge < -0.3 is 15.0 Å². The lowest BCUT2D eigenvalue weighted by atomic mass is 9.98. The van der Waals surface area contributed by atoms with E-state index in [-0.39, 0.29) is 24.5 Å². The summed E-state index contributed by atoms with van der Waals surface area (Å²) in [4.78, 5) is 31.4. The average Bonchev–Trinajstić information content (AvgIpc) is 3.44. The van der Waals surface area contributed by atoms with Gasteiger partial charge in [0.2, 0.25) is 5.91 Å². The van der Waals surface area contributed by atoms with E-state index in [4.69, 9.17) is 4.74 Å². The van der Waals surface area contributed by atoms with Crippen LogP contribution in [0.1, 0.15) is 35.7 Å². The molecule has 0 spiro atoms. The molecule has 2 atom stereocenters. The van der Waals surface area contributed by atoms with Gasteiger partial charge in [-0.3, -0.25) is 19.3 Å². The van der Waals surface area contributed by atoms with Crippen LogP contribution in [0.25, 0.3) is 0 Å². The molecule has 142 valence electrons. The minimum atomic E-state index is -0.760. The van der Waals surface area contributed by atoms with Crippen molar-refractivity contribution in [3.05, 3.63) is 47.5 Å². The molecule has 2 aromatic rings. The van der Waals surface area contributed by atoms with Crippen LogP contribution >= 0.6 is 0 Å². The van der Waals surface area contributed by atoms with Crippen LogP contribution in [-0.2, 0) is 27.9 Å². The molecule has 4 rings (SSSR count). The summed E-state index contributed by atoms with van der Waals surface area (Å²) in [5, 5.41) is 7.23. The van der Waals surface area contributed by atoms with Gasteiger partial charge in [0, 0.05) is 43.8 Å². The number of aryl methyl sites for hydroxylation is 2. The van der Waals surface area contributed by atoms with Crippen LogP contribution in [0.4, 0.5) is 0 Å². The predicted octanol–water partition coefficient (Wildman–Crippen LogP) is 0.871. The second-order valence-corrected chi connectivity index (χ2v) is 7.13. The van der Waals surface area contributed by atoms with Gasteiger partial charge in [0.1, 0.15) is 6.61 Å². The van der Waals surface area contributed by atoms with Gasteiger partial charge in [0.15, 0.2) is 6.10 Å². The number of hydrogen-bond donors (Lipinski definition) is 1. The van der Waals surface area contributed by atoms with Crippen LogP contribution in [0.5, 0.6) is 0 Å². The Hall–Kier alpha value is -2.74. The van der Waals surface area contributed by atoms with Crippen LogP contribution in [0.15, 0.2) is 30.7 Å². The van der Waals surface area contributed by atoms with E-state index in [0.717, 1.165) is 29.7 Å². The van der Waals surface area contributed by atoms with Gasteiger partial charge in [-0.05, 0) is 31.4 Å². The zero-order valence-corrected chi connectivity index (χ0v) is 15.5. The Labute approximate surface area is 157 Å². The summed E-state index contributed by atoms with van der Waals surface area (Å²) in [7, 11) is 1.85. The first kappa shape index (κ1) is 17.7. The number of carbonyl (C=O) groups excluding carboxylic acids is 2. The molecule has 2 aliphatic rings. The van der Waals surface area contributed by atoms with E-state index >= 15 is 0 Å². The van der Waals surface area contributed by atoms with Crippen LogP contribution < -0.4 is 5.32 Å². The zero-order valence-electron chi connectivity index (χ0n) is 15.5. The molecule has 1 saturated carbocycles. The van der Waals surface area contributed by atoms with Gasteiger partial charge >= 0.3 is 0 Å². The van der Waals surface area contributed by atoms with Gasteiger partial charge in [-0.25, -0.2) is 0 Å². The summed E-state index contributed by atoms with van der Waals surface area (Å²) in [6, 6.07) is 3.43. The third-order valence-electron chi connectivity index (χ3n) is 5.05. The van der Waals surface area contributed by atoms with Crippen LogP contribution in [-0.4, -0.2) is 50.2 Å². The molecule has 2 aromatic heterocycles. The van der Waals surface area contributed by atoms with E-state index in [0.29, 0.717) is 6.54 Å². The summed E-state index contributed by atoms with van der Waals surface area (Å²) in [5.41, 5.74) is 2.64. The molecular formula is C19H23N5O3. The van der Waals surface area contributed by atoms with E-state index in [1.54, 1.807) is 17.1 Å². The first-order valence-corrected chi connectivity index (χ1v) is 9.14. The fourth-order valence-electron chi connectivity index (χ4n) is 3.62. The number of ether oxygens (including phenoxy) is 1. The fraction of sp³-hybridized carbons (Fsp3) is 0.474. The van der Waals surface area contributed by atoms with Gasteiger partial charge in [-0.2, -0.15) is 5.10 Å². The summed E-state index contributed by atoms with van der Waals surface area (Å²) in [5.74, 6) is -0.302. The molecule has 2 unspecified atom stereocenters. The number of carbonyl (C=O) groups is 2. The summed E-state index contributed by atoms with van der Waals surface area (Å²) >= 11 is 0. The van der Waals surface area contributed by atoms with Crippen molar-refractivity contribution in [2.75, 3.05) is 6.61 Å². The monoisotopic (exact) mass is 369 g/mol. The minimum Gasteiger partial charge on any atom is -0.356 e. The Morgan fingerprint density at radius 1 is 1.41 bits per heavy atom. The molecule has 2 amide bonds. The molecule has 1 aliphatic carbocycles. The van der Waals surface area contributed by atoms with E-state index in [9.17, 15) is 9.59 Å². The summed E-state index contributed by atoms with van der Waals surface area (Å²) < 4.78 is 7.42. The van der Waals surface area contributed by atoms with Gasteiger partial charge in [0.25, 0.3) is 5.91 Å². The lowest BCUT2D eigenvalue weighted by molar-refractivity contribution is -0.165. The number of hydrogen-bond acceptors (Lipinski definition) is 5. The Morgan fingerprint density at radius 3 is 2.85 bits per heavy atom. The van der Waals surface area contributed by atoms with Gasteiger partial charge in [-0.15, -0.1) is 0 Å². The zero-order chi connectivity index (χ0) is 19.0. The number of aromatic nitrogens is 3. The Morgan fingerprint density at radius 2 is 2.22 bits per heavy atom. The summed E-state index contributed by atoms with van der Waals surface area (Å²) in [6.45, 7) is 2.21. The Kier molecular flexibility index (Phi) is 4.65. The molecule has 8 nitrogen and oxygen atoms in total. The van der Waals surface area contributed by atoms with Crippen molar-refractivity contribution in [1.29, 1.82) is 0 Å². The molecule has 0 radical (unpaired) electrons. The van der Waals surface area contributed by atoms with Crippen LogP contribution in [0.2, 0.25) is 0 Å². The van der Waals surface area contributed by atoms with Crippen molar-refractivity contribution in [3.63, 3.8) is 0 Å². The van der Waals surface area contributed by atoms with E-state index < -0.39 is 12.1 Å². The predicted molar refractivity (Wildman–Crippen MR) is 96.4 cm³/mol. The van der Waals surface area contributed by atoms with E-state index in [1.807, 2.05) is 37.2 Å². The Balaban J connectivity index is 1.56. The third kappa shape index (κ3) is 3.57. The Bertz CT molecular complexity index is 846. The largest absolute Gasteiger partial charge is 0.356 e. The van der Waals surface area contributed by atoms with Crippen LogP contribution in [0.3, 0.4) is 0 Å². The quantitative estimate of drug-likeness (QED) is 0.845. The smallest absolute Gasteiger partial charge is 0.251 e. The average molecular weight is 369 g/mol. The lowest BCUT2D eigenvalue weighted by Gasteiger charge is -2.40. The maximum absolute atomic E-state index is 12.9. The normalized spacial score (nSPS) is 22.7. The number of morpholine rings is 1. The molecule has 3 heterocycles. The van der Waals surface area contributed by atoms with Crippen molar-refractivity contribution < 1.29 is 14.3 Å². The first-order valence-electron chi connectivity index (χ1n) is 9.14. The molecule has 27 heavy (non-hydrogen) atoms. The van der Waals surface area contributed by atoms with Crippen molar-refractivity contribution in [1.82, 2.24) is 25.0 Å². The number of rotatable bonds is 5. The van der Waals surface area contributed by atoms with Crippen molar-refractivity contribution >= 4 is 11.8 Å². The first-order chi connectivity index (χ1) is 13.0. The maximum Gasteiger partial charge on any atom is 0.251 e. The minimum absolute atomic E-state index is 0.0708. The van der Waals surface area contributed by atoms with E-state index in [2.05, 4.69) is 15.4 Å². The highest BCUT2D eigenvalue weighted by atomic mass is 16.5. The standard InChI is InChI=1S/C19H23N5O3/c1-12-14(10-23(2)22-12)9-21-19(26)18-17(13-4-3-7-20-8-13)24(15-5-6-15)16(25)11-27-18/h3-4,7-8,10,15,17-18H,5-6,9,11H2,1-2H3,(H,21,26). The molecule has 1 saturated heterocycles. The molecule has 1 aliphatic heterocycles. The molecular weight excluding hydrogens is 346 g/mol. The number of nitrogens with one attached hydrogen (secondary N) is 1. The highest BCUT2D eigenvalue weighted by Gasteiger charge is 2.47. The number of amides is 2. The SMILES string of the molecule is Cc1nn(C)cc1CNC(=O)C1OCC(=O)N(C2CC2)C1c1cccnc1. The summed E-state index contributed by atoms with van der Waals surface area (Å²) in [6.07, 6.45) is 6.43. The fourth-order valence-corrected chi connectivity index (χ4v) is 3.62. The molecule has 8 heteroatoms. The lowest BCUT2D eigenvalue weighted by Crippen LogP contribution is -2.55. The maximum atomic E-state index is 12.9. The second kappa shape index (κ2) is 7.11. The highest BCUT2D eigenvalue weighted by Crippen LogP contribution is 2.39. The van der Waals surface area contributed by atoms with Gasteiger partial charge in [-0.1, -0.05) is 6.07 Å².